The van der Waals surface area contributed by atoms with E-state index in [9.17, 15) is 9.59 Å². The van der Waals surface area contributed by atoms with E-state index in [4.69, 9.17) is 0 Å². The maximum absolute atomic E-state index is 13.3. The third kappa shape index (κ3) is 3.31. The lowest BCUT2D eigenvalue weighted by molar-refractivity contribution is -0.137. The van der Waals surface area contributed by atoms with Gasteiger partial charge in [-0.25, -0.2) is 0 Å². The molecule has 2 aromatic carbocycles. The molecule has 6 rings (SSSR count). The van der Waals surface area contributed by atoms with Crippen molar-refractivity contribution in [3.05, 3.63) is 70.9 Å². The van der Waals surface area contributed by atoms with E-state index >= 15 is 0 Å². The maximum atomic E-state index is 13.3. The van der Waals surface area contributed by atoms with Crippen LogP contribution in [-0.2, 0) is 24.3 Å². The molecule has 5 heteroatoms. The SMILES string of the molecule is O=C1c2ccccc2CN1CC1CCC(C(=O)N2CCc3[nH]c4ccccc4c3C2)CC1. The van der Waals surface area contributed by atoms with Gasteiger partial charge in [-0.05, 0) is 49.3 Å². The minimum atomic E-state index is 0.129. The second-order valence-corrected chi connectivity index (χ2v) is 9.70. The Labute approximate surface area is 188 Å². The highest BCUT2D eigenvalue weighted by Gasteiger charge is 2.34. The number of aromatic amines is 1. The summed E-state index contributed by atoms with van der Waals surface area (Å²) < 4.78 is 0. The van der Waals surface area contributed by atoms with Crippen LogP contribution < -0.4 is 0 Å². The van der Waals surface area contributed by atoms with Gasteiger partial charge in [-0.15, -0.1) is 0 Å². The Balaban J connectivity index is 1.06. The average molecular weight is 428 g/mol. The summed E-state index contributed by atoms with van der Waals surface area (Å²) in [6.45, 7) is 3.07. The number of carbonyl (C=O) groups is 2. The Morgan fingerprint density at radius 2 is 1.75 bits per heavy atom. The molecule has 1 N–H and O–H groups in total. The first-order chi connectivity index (χ1) is 15.7. The van der Waals surface area contributed by atoms with Crippen LogP contribution in [-0.4, -0.2) is 39.7 Å². The van der Waals surface area contributed by atoms with Crippen molar-refractivity contribution in [3.63, 3.8) is 0 Å². The normalized spacial score (nSPS) is 22.8. The molecule has 1 fully saturated rings. The third-order valence-electron chi connectivity index (χ3n) is 7.77. The number of rotatable bonds is 3. The molecule has 0 bridgehead atoms. The summed E-state index contributed by atoms with van der Waals surface area (Å²) in [6.07, 6.45) is 4.85. The molecule has 0 saturated heterocycles. The van der Waals surface area contributed by atoms with E-state index in [-0.39, 0.29) is 11.8 Å². The van der Waals surface area contributed by atoms with Gasteiger partial charge in [0.15, 0.2) is 0 Å². The predicted molar refractivity (Wildman–Crippen MR) is 124 cm³/mol. The van der Waals surface area contributed by atoms with Crippen molar-refractivity contribution in [2.24, 2.45) is 11.8 Å². The number of carbonyl (C=O) groups excluding carboxylic acids is 2. The van der Waals surface area contributed by atoms with Crippen LogP contribution in [0.3, 0.4) is 0 Å². The molecule has 0 unspecified atom stereocenters. The number of hydrogen-bond acceptors (Lipinski definition) is 2. The molecule has 1 saturated carbocycles. The Hall–Kier alpha value is -3.08. The third-order valence-corrected chi connectivity index (χ3v) is 7.77. The topological polar surface area (TPSA) is 56.4 Å². The van der Waals surface area contributed by atoms with E-state index < -0.39 is 0 Å². The minimum absolute atomic E-state index is 0.129. The van der Waals surface area contributed by atoms with Crippen molar-refractivity contribution in [2.75, 3.05) is 13.1 Å². The average Bonchev–Trinajstić information content (AvgIpc) is 3.36. The van der Waals surface area contributed by atoms with E-state index in [0.717, 1.165) is 69.4 Å². The number of hydrogen-bond donors (Lipinski definition) is 1. The lowest BCUT2D eigenvalue weighted by Gasteiger charge is -2.35. The number of aromatic nitrogens is 1. The van der Waals surface area contributed by atoms with Crippen LogP contribution >= 0.6 is 0 Å². The second kappa shape index (κ2) is 7.80. The first-order valence-corrected chi connectivity index (χ1v) is 11.9. The summed E-state index contributed by atoms with van der Waals surface area (Å²) >= 11 is 0. The van der Waals surface area contributed by atoms with Gasteiger partial charge in [0.1, 0.15) is 0 Å². The molecule has 1 aromatic heterocycles. The fourth-order valence-electron chi connectivity index (χ4n) is 5.98. The van der Waals surface area contributed by atoms with Crippen molar-refractivity contribution in [1.82, 2.24) is 14.8 Å². The number of H-pyrrole nitrogens is 1. The Kier molecular flexibility index (Phi) is 4.78. The van der Waals surface area contributed by atoms with Crippen molar-refractivity contribution >= 4 is 22.7 Å². The zero-order chi connectivity index (χ0) is 21.7. The molecule has 2 aliphatic heterocycles. The van der Waals surface area contributed by atoms with Crippen LogP contribution in [0.25, 0.3) is 10.9 Å². The smallest absolute Gasteiger partial charge is 0.254 e. The fraction of sp³-hybridized carbons (Fsp3) is 0.407. The largest absolute Gasteiger partial charge is 0.358 e. The standard InChI is InChI=1S/C27H29N3O2/c31-26(29-14-13-25-23(17-29)22-7-3-4-8-24(22)28-25)19-11-9-18(10-12-19)15-30-16-20-5-1-2-6-21(20)27(30)32/h1-8,18-19,28H,9-17H2. The number of benzene rings is 2. The molecule has 3 aromatic rings. The number of amides is 2. The van der Waals surface area contributed by atoms with E-state index in [2.05, 4.69) is 40.2 Å². The van der Waals surface area contributed by atoms with Gasteiger partial charge in [0, 0.05) is 66.2 Å². The summed E-state index contributed by atoms with van der Waals surface area (Å²) in [5.74, 6) is 1.12. The van der Waals surface area contributed by atoms with Gasteiger partial charge in [-0.3, -0.25) is 9.59 Å². The molecule has 0 radical (unpaired) electrons. The summed E-state index contributed by atoms with van der Waals surface area (Å²) in [7, 11) is 0. The maximum Gasteiger partial charge on any atom is 0.254 e. The van der Waals surface area contributed by atoms with Gasteiger partial charge < -0.3 is 14.8 Å². The lowest BCUT2D eigenvalue weighted by Crippen LogP contribution is -2.41. The van der Waals surface area contributed by atoms with E-state index in [1.54, 1.807) is 0 Å². The molecule has 164 valence electrons. The molecule has 0 atom stereocenters. The first-order valence-electron chi connectivity index (χ1n) is 11.9. The number of nitrogens with one attached hydrogen (secondary N) is 1. The molecule has 5 nitrogen and oxygen atoms in total. The van der Waals surface area contributed by atoms with Gasteiger partial charge in [-0.2, -0.15) is 0 Å². The van der Waals surface area contributed by atoms with Crippen LogP contribution in [0.2, 0.25) is 0 Å². The molecule has 1 aliphatic carbocycles. The summed E-state index contributed by atoms with van der Waals surface area (Å²) in [5.41, 5.74) is 5.75. The Morgan fingerprint density at radius 1 is 0.969 bits per heavy atom. The molecule has 32 heavy (non-hydrogen) atoms. The van der Waals surface area contributed by atoms with Gasteiger partial charge in [-0.1, -0.05) is 36.4 Å². The van der Waals surface area contributed by atoms with Crippen LogP contribution in [0.1, 0.15) is 52.9 Å². The lowest BCUT2D eigenvalue weighted by atomic mass is 9.81. The monoisotopic (exact) mass is 427 g/mol. The van der Waals surface area contributed by atoms with Gasteiger partial charge in [0.25, 0.3) is 5.91 Å². The Morgan fingerprint density at radius 3 is 2.59 bits per heavy atom. The summed E-state index contributed by atoms with van der Waals surface area (Å²) in [5, 5.41) is 1.25. The van der Waals surface area contributed by atoms with Gasteiger partial charge in [0.05, 0.1) is 0 Å². The van der Waals surface area contributed by atoms with Crippen LogP contribution in [0, 0.1) is 11.8 Å². The number of fused-ring (bicyclic) bond motifs is 4. The van der Waals surface area contributed by atoms with Gasteiger partial charge >= 0.3 is 0 Å². The van der Waals surface area contributed by atoms with Crippen molar-refractivity contribution in [2.45, 2.75) is 45.2 Å². The Bertz CT molecular complexity index is 1190. The van der Waals surface area contributed by atoms with Crippen LogP contribution in [0.5, 0.6) is 0 Å². The second-order valence-electron chi connectivity index (χ2n) is 9.70. The first kappa shape index (κ1) is 19.6. The molecule has 0 spiro atoms. The number of para-hydroxylation sites is 1. The highest BCUT2D eigenvalue weighted by molar-refractivity contribution is 5.98. The summed E-state index contributed by atoms with van der Waals surface area (Å²) in [4.78, 5) is 33.6. The molecule has 3 aliphatic rings. The number of nitrogens with zero attached hydrogens (tertiary/aromatic N) is 2. The highest BCUT2D eigenvalue weighted by Crippen LogP contribution is 2.34. The minimum Gasteiger partial charge on any atom is -0.358 e. The van der Waals surface area contributed by atoms with E-state index in [0.29, 0.717) is 11.8 Å². The van der Waals surface area contributed by atoms with Crippen molar-refractivity contribution in [3.8, 4) is 0 Å². The zero-order valence-corrected chi connectivity index (χ0v) is 18.3. The zero-order valence-electron chi connectivity index (χ0n) is 18.3. The summed E-state index contributed by atoms with van der Waals surface area (Å²) in [6, 6.07) is 16.3. The molecular formula is C27H29N3O2. The predicted octanol–water partition coefficient (Wildman–Crippen LogP) is 4.52. The van der Waals surface area contributed by atoms with E-state index in [1.165, 1.54) is 22.2 Å². The van der Waals surface area contributed by atoms with E-state index in [1.807, 2.05) is 23.1 Å². The van der Waals surface area contributed by atoms with Gasteiger partial charge in [0.2, 0.25) is 5.91 Å². The molecular weight excluding hydrogens is 398 g/mol. The van der Waals surface area contributed by atoms with Crippen LogP contribution in [0.15, 0.2) is 48.5 Å². The highest BCUT2D eigenvalue weighted by atomic mass is 16.2. The van der Waals surface area contributed by atoms with Crippen LogP contribution in [0.4, 0.5) is 0 Å². The van der Waals surface area contributed by atoms with Crippen molar-refractivity contribution in [1.29, 1.82) is 0 Å². The molecule has 2 amide bonds. The fourth-order valence-corrected chi connectivity index (χ4v) is 5.98. The molecule has 3 heterocycles. The van der Waals surface area contributed by atoms with Crippen molar-refractivity contribution < 1.29 is 9.59 Å². The quantitative estimate of drug-likeness (QED) is 0.668.